The van der Waals surface area contributed by atoms with Crippen LogP contribution in [-0.2, 0) is 11.2 Å². The second-order valence-corrected chi connectivity index (χ2v) is 5.66. The summed E-state index contributed by atoms with van der Waals surface area (Å²) < 4.78 is 12.9. The number of aliphatic imine (C=N–C) groups is 1. The summed E-state index contributed by atoms with van der Waals surface area (Å²) >= 11 is 0. The molecule has 0 aromatic heterocycles. The Bertz CT molecular complexity index is 616. The molecular formula is C18H21FN2O. The molecule has 4 heteroatoms. The Labute approximate surface area is 130 Å². The summed E-state index contributed by atoms with van der Waals surface area (Å²) in [6, 6.07) is 8.00. The van der Waals surface area contributed by atoms with Crippen molar-refractivity contribution in [2.75, 3.05) is 0 Å². The molecule has 2 unspecified atom stereocenters. The molecule has 1 amide bonds. The predicted molar refractivity (Wildman–Crippen MR) is 87.6 cm³/mol. The van der Waals surface area contributed by atoms with Crippen LogP contribution in [0.15, 0.2) is 53.3 Å². The van der Waals surface area contributed by atoms with Crippen LogP contribution in [0.25, 0.3) is 0 Å². The van der Waals surface area contributed by atoms with Crippen LogP contribution in [0.2, 0.25) is 0 Å². The van der Waals surface area contributed by atoms with E-state index in [-0.39, 0.29) is 23.8 Å². The number of hydrogen-bond donors (Lipinski definition) is 1. The normalized spacial score (nSPS) is 18.5. The zero-order valence-corrected chi connectivity index (χ0v) is 13.0. The lowest BCUT2D eigenvalue weighted by molar-refractivity contribution is -0.119. The highest BCUT2D eigenvalue weighted by atomic mass is 19.1. The van der Waals surface area contributed by atoms with Crippen LogP contribution in [0, 0.1) is 0 Å². The lowest BCUT2D eigenvalue weighted by Crippen LogP contribution is -2.35. The summed E-state index contributed by atoms with van der Waals surface area (Å²) in [6.07, 6.45) is 4.12. The van der Waals surface area contributed by atoms with Gasteiger partial charge in [0.25, 0.3) is 0 Å². The van der Waals surface area contributed by atoms with Gasteiger partial charge in [-0.05, 0) is 37.0 Å². The first-order chi connectivity index (χ1) is 10.5. The predicted octanol–water partition coefficient (Wildman–Crippen LogP) is 3.68. The van der Waals surface area contributed by atoms with Crippen molar-refractivity contribution in [1.82, 2.24) is 5.32 Å². The van der Waals surface area contributed by atoms with Crippen LogP contribution in [0.5, 0.6) is 0 Å². The van der Waals surface area contributed by atoms with Crippen LogP contribution >= 0.6 is 0 Å². The third kappa shape index (κ3) is 4.38. The number of rotatable bonds is 5. The average molecular weight is 300 g/mol. The molecule has 22 heavy (non-hydrogen) atoms. The smallest absolute Gasteiger partial charge is 0.217 e. The molecule has 0 saturated heterocycles. The van der Waals surface area contributed by atoms with Crippen LogP contribution in [-0.4, -0.2) is 18.2 Å². The highest BCUT2D eigenvalue weighted by Gasteiger charge is 2.14. The average Bonchev–Trinajstić information content (AvgIpc) is 2.48. The molecule has 1 aromatic carbocycles. The van der Waals surface area contributed by atoms with Gasteiger partial charge in [0.05, 0.1) is 18.3 Å². The molecule has 1 heterocycles. The van der Waals surface area contributed by atoms with E-state index in [1.165, 1.54) is 13.1 Å². The highest BCUT2D eigenvalue weighted by molar-refractivity contribution is 5.76. The maximum atomic E-state index is 12.9. The standard InChI is InChI=1S/C18H21FN2O/c1-12(2)18(21-13(3)22)10-14-4-6-15(7-5-14)17-9-8-16(19)11-20-17/h4-8,11,17-18H,1,9-10H2,2-3H3,(H,21,22). The van der Waals surface area contributed by atoms with Gasteiger partial charge in [-0.25, -0.2) is 4.39 Å². The SMILES string of the molecule is C=C(C)C(Cc1ccc(C2CC=C(F)C=N2)cc1)NC(C)=O. The molecule has 0 spiro atoms. The molecular weight excluding hydrogens is 279 g/mol. The second-order valence-electron chi connectivity index (χ2n) is 5.66. The fraction of sp³-hybridized carbons (Fsp3) is 0.333. The Morgan fingerprint density at radius 2 is 2.09 bits per heavy atom. The van der Waals surface area contributed by atoms with E-state index in [2.05, 4.69) is 16.9 Å². The molecule has 1 aromatic rings. The number of nitrogens with one attached hydrogen (secondary N) is 1. The number of halogens is 1. The van der Waals surface area contributed by atoms with Gasteiger partial charge in [-0.15, -0.1) is 0 Å². The largest absolute Gasteiger partial charge is 0.350 e. The topological polar surface area (TPSA) is 41.5 Å². The fourth-order valence-electron chi connectivity index (χ4n) is 2.43. The fourth-order valence-corrected chi connectivity index (χ4v) is 2.43. The maximum absolute atomic E-state index is 12.9. The van der Waals surface area contributed by atoms with Crippen molar-refractivity contribution in [2.45, 2.75) is 38.8 Å². The molecule has 3 nitrogen and oxygen atoms in total. The number of nitrogens with zero attached hydrogens (tertiary/aromatic N) is 1. The number of amides is 1. The lowest BCUT2D eigenvalue weighted by atomic mass is 9.97. The second kappa shape index (κ2) is 7.16. The number of hydrogen-bond acceptors (Lipinski definition) is 2. The Kier molecular flexibility index (Phi) is 5.26. The Morgan fingerprint density at radius 1 is 1.41 bits per heavy atom. The number of dihydropyridines is 1. The Balaban J connectivity index is 2.04. The van der Waals surface area contributed by atoms with Crippen LogP contribution in [0.1, 0.15) is 37.4 Å². The minimum Gasteiger partial charge on any atom is -0.350 e. The maximum Gasteiger partial charge on any atom is 0.217 e. The van der Waals surface area contributed by atoms with Gasteiger partial charge < -0.3 is 5.32 Å². The molecule has 2 rings (SSSR count). The zero-order valence-electron chi connectivity index (χ0n) is 13.0. The van der Waals surface area contributed by atoms with Gasteiger partial charge >= 0.3 is 0 Å². The van der Waals surface area contributed by atoms with Crippen molar-refractivity contribution in [2.24, 2.45) is 4.99 Å². The summed E-state index contributed by atoms with van der Waals surface area (Å²) in [4.78, 5) is 15.4. The quantitative estimate of drug-likeness (QED) is 0.828. The summed E-state index contributed by atoms with van der Waals surface area (Å²) in [5.41, 5.74) is 3.11. The zero-order chi connectivity index (χ0) is 16.1. The van der Waals surface area contributed by atoms with Gasteiger partial charge in [0, 0.05) is 6.92 Å². The van der Waals surface area contributed by atoms with Crippen molar-refractivity contribution in [3.63, 3.8) is 0 Å². The summed E-state index contributed by atoms with van der Waals surface area (Å²) in [5.74, 6) is -0.331. The molecule has 116 valence electrons. The molecule has 1 N–H and O–H groups in total. The number of benzene rings is 1. The van der Waals surface area contributed by atoms with E-state index in [0.29, 0.717) is 12.8 Å². The molecule has 0 saturated carbocycles. The number of allylic oxidation sites excluding steroid dienone is 1. The summed E-state index contributed by atoms with van der Waals surface area (Å²) in [6.45, 7) is 7.34. The molecule has 0 bridgehead atoms. The minimum atomic E-state index is -0.271. The van der Waals surface area contributed by atoms with Gasteiger partial charge in [-0.3, -0.25) is 9.79 Å². The molecule has 0 aliphatic carbocycles. The molecule has 0 fully saturated rings. The van der Waals surface area contributed by atoms with E-state index in [0.717, 1.165) is 16.7 Å². The van der Waals surface area contributed by atoms with E-state index in [4.69, 9.17) is 0 Å². The van der Waals surface area contributed by atoms with E-state index in [9.17, 15) is 9.18 Å². The van der Waals surface area contributed by atoms with E-state index in [1.54, 1.807) is 6.08 Å². The van der Waals surface area contributed by atoms with Gasteiger partial charge in [-0.1, -0.05) is 36.4 Å². The Morgan fingerprint density at radius 3 is 2.59 bits per heavy atom. The van der Waals surface area contributed by atoms with Crippen LogP contribution < -0.4 is 5.32 Å². The number of carbonyl (C=O) groups excluding carboxylic acids is 1. The molecule has 2 atom stereocenters. The van der Waals surface area contributed by atoms with Gasteiger partial charge in [0.1, 0.15) is 5.83 Å². The minimum absolute atomic E-state index is 0.0131. The van der Waals surface area contributed by atoms with E-state index in [1.807, 2.05) is 31.2 Å². The lowest BCUT2D eigenvalue weighted by Gasteiger charge is -2.19. The molecule has 1 aliphatic rings. The van der Waals surface area contributed by atoms with Gasteiger partial charge in [-0.2, -0.15) is 0 Å². The van der Waals surface area contributed by atoms with E-state index < -0.39 is 0 Å². The molecule has 1 aliphatic heterocycles. The van der Waals surface area contributed by atoms with Crippen LogP contribution in [0.4, 0.5) is 4.39 Å². The monoisotopic (exact) mass is 300 g/mol. The van der Waals surface area contributed by atoms with Crippen LogP contribution in [0.3, 0.4) is 0 Å². The third-order valence-electron chi connectivity index (χ3n) is 3.69. The molecule has 0 radical (unpaired) electrons. The van der Waals surface area contributed by atoms with Crippen molar-refractivity contribution < 1.29 is 9.18 Å². The Hall–Kier alpha value is -2.23. The highest BCUT2D eigenvalue weighted by Crippen LogP contribution is 2.26. The van der Waals surface area contributed by atoms with Crippen molar-refractivity contribution in [3.8, 4) is 0 Å². The first-order valence-electron chi connectivity index (χ1n) is 7.36. The van der Waals surface area contributed by atoms with Crippen molar-refractivity contribution in [3.05, 3.63) is 59.4 Å². The summed E-state index contributed by atoms with van der Waals surface area (Å²) in [5, 5.41) is 2.90. The van der Waals surface area contributed by atoms with Crippen molar-refractivity contribution in [1.29, 1.82) is 0 Å². The van der Waals surface area contributed by atoms with E-state index >= 15 is 0 Å². The van der Waals surface area contributed by atoms with Gasteiger partial charge in [0.15, 0.2) is 0 Å². The van der Waals surface area contributed by atoms with Gasteiger partial charge in [0.2, 0.25) is 5.91 Å². The summed E-state index contributed by atoms with van der Waals surface area (Å²) in [7, 11) is 0. The number of carbonyl (C=O) groups is 1. The first-order valence-corrected chi connectivity index (χ1v) is 7.36. The first kappa shape index (κ1) is 16.1. The third-order valence-corrected chi connectivity index (χ3v) is 3.69. The van der Waals surface area contributed by atoms with Crippen molar-refractivity contribution >= 4 is 12.1 Å².